The molecule has 1 N–H and O–H groups in total. The van der Waals surface area contributed by atoms with Crippen LogP contribution in [0.1, 0.15) is 54.9 Å². The van der Waals surface area contributed by atoms with E-state index >= 15 is 0 Å². The van der Waals surface area contributed by atoms with E-state index < -0.39 is 11.7 Å². The average molecular weight is 510 g/mol. The molecule has 0 aliphatic carbocycles. The number of hydrogen-bond acceptors (Lipinski definition) is 5. The van der Waals surface area contributed by atoms with Crippen molar-refractivity contribution in [3.8, 4) is 0 Å². The van der Waals surface area contributed by atoms with Crippen LogP contribution >= 0.6 is 15.9 Å². The quantitative estimate of drug-likeness (QED) is 0.442. The van der Waals surface area contributed by atoms with Crippen molar-refractivity contribution in [2.24, 2.45) is 5.10 Å². The molecule has 33 heavy (non-hydrogen) atoms. The molecule has 1 aliphatic rings. The maximum atomic E-state index is 13.3. The minimum absolute atomic E-state index is 0.220. The van der Waals surface area contributed by atoms with Gasteiger partial charge in [0.25, 0.3) is 5.91 Å². The molecule has 170 valence electrons. The van der Waals surface area contributed by atoms with Gasteiger partial charge >= 0.3 is 6.09 Å². The van der Waals surface area contributed by atoms with E-state index in [1.54, 1.807) is 30.5 Å². The van der Waals surface area contributed by atoms with Gasteiger partial charge in [-0.2, -0.15) is 5.10 Å². The number of furan rings is 1. The first-order valence-electron chi connectivity index (χ1n) is 10.5. The van der Waals surface area contributed by atoms with Crippen molar-refractivity contribution in [3.05, 3.63) is 88.3 Å². The molecule has 1 aliphatic heterocycles. The topological polar surface area (TPSA) is 84.1 Å². The van der Waals surface area contributed by atoms with Gasteiger partial charge < -0.3 is 9.15 Å². The van der Waals surface area contributed by atoms with Crippen molar-refractivity contribution >= 4 is 39.3 Å². The van der Waals surface area contributed by atoms with Crippen LogP contribution in [0.25, 0.3) is 0 Å². The Morgan fingerprint density at radius 1 is 1.09 bits per heavy atom. The van der Waals surface area contributed by atoms with Gasteiger partial charge in [0.15, 0.2) is 0 Å². The van der Waals surface area contributed by atoms with Crippen LogP contribution in [0.4, 0.5) is 10.5 Å². The summed E-state index contributed by atoms with van der Waals surface area (Å²) in [5.74, 6) is 0.444. The Hall–Kier alpha value is -3.39. The second-order valence-corrected chi connectivity index (χ2v) is 9.47. The molecule has 2 aromatic carbocycles. The molecule has 2 amide bonds. The molecular formula is C25H24BrN3O4. The molecular weight excluding hydrogens is 486 g/mol. The maximum Gasteiger partial charge on any atom is 0.412 e. The van der Waals surface area contributed by atoms with Crippen molar-refractivity contribution in [2.45, 2.75) is 38.8 Å². The normalized spacial score (nSPS) is 15.8. The summed E-state index contributed by atoms with van der Waals surface area (Å²) in [4.78, 5) is 25.3. The Kier molecular flexibility index (Phi) is 6.37. The van der Waals surface area contributed by atoms with Crippen LogP contribution in [-0.2, 0) is 4.74 Å². The van der Waals surface area contributed by atoms with Crippen LogP contribution in [0.5, 0.6) is 0 Å². The molecule has 7 nitrogen and oxygen atoms in total. The lowest BCUT2D eigenvalue weighted by Crippen LogP contribution is -2.27. The van der Waals surface area contributed by atoms with Crippen molar-refractivity contribution in [1.29, 1.82) is 0 Å². The average Bonchev–Trinajstić information content (AvgIpc) is 3.43. The van der Waals surface area contributed by atoms with Crippen molar-refractivity contribution in [2.75, 3.05) is 5.32 Å². The number of carbonyl (C=O) groups excluding carboxylic acids is 2. The summed E-state index contributed by atoms with van der Waals surface area (Å²) in [6.07, 6.45) is 1.57. The van der Waals surface area contributed by atoms with E-state index in [0.29, 0.717) is 27.9 Å². The van der Waals surface area contributed by atoms with Crippen LogP contribution in [-0.4, -0.2) is 28.3 Å². The molecule has 3 aromatic rings. The number of nitrogens with one attached hydrogen (secondary N) is 1. The van der Waals surface area contributed by atoms with Gasteiger partial charge in [0, 0.05) is 16.6 Å². The third-order valence-corrected chi connectivity index (χ3v) is 5.65. The van der Waals surface area contributed by atoms with Crippen LogP contribution < -0.4 is 5.32 Å². The zero-order valence-corrected chi connectivity index (χ0v) is 20.1. The van der Waals surface area contributed by atoms with Crippen LogP contribution in [0.3, 0.4) is 0 Å². The third kappa shape index (κ3) is 5.34. The number of anilines is 1. The highest BCUT2D eigenvalue weighted by Gasteiger charge is 2.36. The van der Waals surface area contributed by atoms with Gasteiger partial charge in [0.2, 0.25) is 0 Å². The lowest BCUT2D eigenvalue weighted by molar-refractivity contribution is 0.0634. The summed E-state index contributed by atoms with van der Waals surface area (Å²) in [6, 6.07) is 17.8. The summed E-state index contributed by atoms with van der Waals surface area (Å²) >= 11 is 3.45. The fourth-order valence-electron chi connectivity index (χ4n) is 3.50. The van der Waals surface area contributed by atoms with Gasteiger partial charge in [-0.25, -0.2) is 9.80 Å². The molecule has 0 spiro atoms. The predicted molar refractivity (Wildman–Crippen MR) is 129 cm³/mol. The van der Waals surface area contributed by atoms with Crippen LogP contribution in [0.15, 0.2) is 80.9 Å². The lowest BCUT2D eigenvalue weighted by Gasteiger charge is -2.20. The van der Waals surface area contributed by atoms with Gasteiger partial charge in [0.1, 0.15) is 17.4 Å². The molecule has 2 heterocycles. The maximum absolute atomic E-state index is 13.3. The number of ether oxygens (including phenoxy) is 1. The number of halogens is 1. The van der Waals surface area contributed by atoms with E-state index in [0.717, 1.165) is 11.3 Å². The van der Waals surface area contributed by atoms with E-state index in [2.05, 4.69) is 26.3 Å². The van der Waals surface area contributed by atoms with Crippen molar-refractivity contribution in [3.63, 3.8) is 0 Å². The zero-order chi connectivity index (χ0) is 23.6. The molecule has 0 bridgehead atoms. The Bertz CT molecular complexity index is 1180. The predicted octanol–water partition coefficient (Wildman–Crippen LogP) is 6.38. The summed E-state index contributed by atoms with van der Waals surface area (Å²) in [5.41, 5.74) is 2.16. The van der Waals surface area contributed by atoms with E-state index in [1.807, 2.05) is 57.2 Å². The van der Waals surface area contributed by atoms with Crippen LogP contribution in [0, 0.1) is 0 Å². The smallest absolute Gasteiger partial charge is 0.412 e. The molecule has 1 unspecified atom stereocenters. The zero-order valence-electron chi connectivity index (χ0n) is 18.5. The SMILES string of the molecule is CC(C)(C)OC(=O)Nc1ccc(C2=NN(C(=O)c3ccccc3Br)C(c3ccco3)C2)cc1. The monoisotopic (exact) mass is 509 g/mol. The van der Waals surface area contributed by atoms with E-state index in [1.165, 1.54) is 5.01 Å². The molecule has 0 fully saturated rings. The highest BCUT2D eigenvalue weighted by atomic mass is 79.9. The minimum atomic E-state index is -0.576. The third-order valence-electron chi connectivity index (χ3n) is 4.96. The number of hydrazone groups is 1. The van der Waals surface area contributed by atoms with Crippen molar-refractivity contribution < 1.29 is 18.7 Å². The van der Waals surface area contributed by atoms with Gasteiger partial charge in [-0.05, 0) is 78.7 Å². The minimum Gasteiger partial charge on any atom is -0.467 e. The fraction of sp³-hybridized carbons (Fsp3) is 0.240. The standard InChI is InChI=1S/C25H24BrN3O4/c1-25(2,3)33-24(31)27-17-12-10-16(11-13-17)20-15-21(22-9-6-14-32-22)29(28-20)23(30)18-7-4-5-8-19(18)26/h4-14,21H,15H2,1-3H3,(H,27,31). The first kappa shape index (κ1) is 22.8. The lowest BCUT2D eigenvalue weighted by atomic mass is 10.0. The van der Waals surface area contributed by atoms with Crippen LogP contribution in [0.2, 0.25) is 0 Å². The van der Waals surface area contributed by atoms with Crippen molar-refractivity contribution in [1.82, 2.24) is 5.01 Å². The highest BCUT2D eigenvalue weighted by Crippen LogP contribution is 2.35. The number of nitrogens with zero attached hydrogens (tertiary/aromatic N) is 2. The van der Waals surface area contributed by atoms with Gasteiger partial charge in [0.05, 0.1) is 17.5 Å². The molecule has 1 aromatic heterocycles. The first-order valence-corrected chi connectivity index (χ1v) is 11.3. The number of benzene rings is 2. The summed E-state index contributed by atoms with van der Waals surface area (Å²) in [6.45, 7) is 5.43. The van der Waals surface area contributed by atoms with E-state index in [9.17, 15) is 9.59 Å². The molecule has 1 atom stereocenters. The molecule has 0 saturated carbocycles. The summed E-state index contributed by atoms with van der Waals surface area (Å²) < 4.78 is 11.6. The van der Waals surface area contributed by atoms with Gasteiger partial charge in [-0.15, -0.1) is 0 Å². The molecule has 8 heteroatoms. The van der Waals surface area contributed by atoms with E-state index in [-0.39, 0.29) is 11.9 Å². The largest absolute Gasteiger partial charge is 0.467 e. The number of hydrogen-bond donors (Lipinski definition) is 1. The van der Waals surface area contributed by atoms with Gasteiger partial charge in [-0.1, -0.05) is 24.3 Å². The van der Waals surface area contributed by atoms with E-state index in [4.69, 9.17) is 9.15 Å². The molecule has 4 rings (SSSR count). The fourth-order valence-corrected chi connectivity index (χ4v) is 3.95. The Labute approximate surface area is 200 Å². The molecule has 0 radical (unpaired) electrons. The highest BCUT2D eigenvalue weighted by molar-refractivity contribution is 9.10. The number of rotatable bonds is 4. The molecule has 0 saturated heterocycles. The Morgan fingerprint density at radius 2 is 1.82 bits per heavy atom. The summed E-state index contributed by atoms with van der Waals surface area (Å²) in [5, 5.41) is 8.85. The summed E-state index contributed by atoms with van der Waals surface area (Å²) in [7, 11) is 0. The second kappa shape index (κ2) is 9.23. The second-order valence-electron chi connectivity index (χ2n) is 8.62. The Balaban J connectivity index is 1.57. The first-order chi connectivity index (χ1) is 15.7. The number of carbonyl (C=O) groups is 2. The van der Waals surface area contributed by atoms with Gasteiger partial charge in [-0.3, -0.25) is 10.1 Å². The number of amides is 2. The Morgan fingerprint density at radius 3 is 2.45 bits per heavy atom.